The summed E-state index contributed by atoms with van der Waals surface area (Å²) < 4.78 is 0. The van der Waals surface area contributed by atoms with Gasteiger partial charge in [-0.1, -0.05) is 12.6 Å². The largest absolute Gasteiger partial charge is 0.506 e. The molecule has 0 spiro atoms. The van der Waals surface area contributed by atoms with Crippen LogP contribution in [-0.4, -0.2) is 18.0 Å². The van der Waals surface area contributed by atoms with Crippen molar-refractivity contribution in [3.8, 4) is 5.75 Å². The van der Waals surface area contributed by atoms with Crippen LogP contribution in [-0.2, 0) is 0 Å². The number of thioether (sulfide) groups is 1. The number of phenols is 1. The molecule has 0 heterocycles. The van der Waals surface area contributed by atoms with Crippen LogP contribution in [0.1, 0.15) is 18.1 Å². The van der Waals surface area contributed by atoms with Gasteiger partial charge in [0.05, 0.1) is 5.69 Å². The van der Waals surface area contributed by atoms with Gasteiger partial charge in [0.2, 0.25) is 0 Å². The fourth-order valence-corrected chi connectivity index (χ4v) is 2.66. The summed E-state index contributed by atoms with van der Waals surface area (Å²) in [6.45, 7) is 9.85. The maximum absolute atomic E-state index is 10.1. The number of phenolic OH excluding ortho intramolecular Hbond substituents is 1. The van der Waals surface area contributed by atoms with Crippen LogP contribution in [0.25, 0.3) is 0 Å². The predicted molar refractivity (Wildman–Crippen MR) is 85.5 cm³/mol. The molecule has 0 saturated carbocycles. The van der Waals surface area contributed by atoms with Gasteiger partial charge < -0.3 is 15.7 Å². The van der Waals surface area contributed by atoms with Gasteiger partial charge in [-0.2, -0.15) is 0 Å². The SMILES string of the molecule is C=C(C)/C(=C\N(C)c1c(C)cc(C)cc1O)SCN. The molecule has 0 atom stereocenters. The topological polar surface area (TPSA) is 49.5 Å². The molecule has 0 fully saturated rings. The minimum atomic E-state index is 0.287. The van der Waals surface area contributed by atoms with Crippen molar-refractivity contribution in [2.75, 3.05) is 17.8 Å². The molecule has 0 radical (unpaired) electrons. The monoisotopic (exact) mass is 278 g/mol. The summed E-state index contributed by atoms with van der Waals surface area (Å²) in [7, 11) is 1.91. The Morgan fingerprint density at radius 1 is 1.47 bits per heavy atom. The van der Waals surface area contributed by atoms with Gasteiger partial charge >= 0.3 is 0 Å². The molecular weight excluding hydrogens is 256 g/mol. The van der Waals surface area contributed by atoms with E-state index in [1.165, 1.54) is 11.8 Å². The van der Waals surface area contributed by atoms with E-state index in [1.54, 1.807) is 6.07 Å². The van der Waals surface area contributed by atoms with Gasteiger partial charge in [-0.05, 0) is 43.5 Å². The smallest absolute Gasteiger partial charge is 0.139 e. The lowest BCUT2D eigenvalue weighted by Gasteiger charge is -2.21. The average Bonchev–Trinajstić information content (AvgIpc) is 2.26. The maximum atomic E-state index is 10.1. The van der Waals surface area contributed by atoms with E-state index in [4.69, 9.17) is 5.73 Å². The molecule has 0 aliphatic carbocycles. The van der Waals surface area contributed by atoms with Crippen LogP contribution >= 0.6 is 11.8 Å². The molecular formula is C15H22N2OS. The summed E-state index contributed by atoms with van der Waals surface area (Å²) in [5.74, 6) is 0.792. The molecule has 1 aromatic carbocycles. The lowest BCUT2D eigenvalue weighted by molar-refractivity contribution is 0.475. The van der Waals surface area contributed by atoms with Gasteiger partial charge in [-0.25, -0.2) is 0 Å². The van der Waals surface area contributed by atoms with Gasteiger partial charge in [0.25, 0.3) is 0 Å². The van der Waals surface area contributed by atoms with Crippen LogP contribution in [0.2, 0.25) is 0 Å². The number of nitrogens with two attached hydrogens (primary N) is 1. The zero-order chi connectivity index (χ0) is 14.6. The van der Waals surface area contributed by atoms with E-state index in [1.807, 2.05) is 38.9 Å². The van der Waals surface area contributed by atoms with E-state index in [2.05, 4.69) is 12.6 Å². The Balaban J connectivity index is 3.16. The quantitative estimate of drug-likeness (QED) is 0.639. The maximum Gasteiger partial charge on any atom is 0.139 e. The van der Waals surface area contributed by atoms with E-state index in [0.29, 0.717) is 5.88 Å². The van der Waals surface area contributed by atoms with Crippen LogP contribution < -0.4 is 10.6 Å². The van der Waals surface area contributed by atoms with Gasteiger partial charge in [0.1, 0.15) is 5.75 Å². The van der Waals surface area contributed by atoms with Crippen molar-refractivity contribution < 1.29 is 5.11 Å². The standard InChI is InChI=1S/C15H22N2OS/c1-10(2)14(19-9-16)8-17(5)15-12(4)6-11(3)7-13(15)18/h6-8,18H,1,9,16H2,2-5H3/b14-8+. The number of aromatic hydroxyl groups is 1. The first-order chi connectivity index (χ1) is 8.86. The lowest BCUT2D eigenvalue weighted by atomic mass is 10.1. The molecule has 3 nitrogen and oxygen atoms in total. The summed E-state index contributed by atoms with van der Waals surface area (Å²) in [5.41, 5.74) is 9.43. The molecule has 3 N–H and O–H groups in total. The summed E-state index contributed by atoms with van der Waals surface area (Å²) in [5, 5.41) is 10.1. The Morgan fingerprint density at radius 2 is 2.11 bits per heavy atom. The van der Waals surface area contributed by atoms with Crippen molar-refractivity contribution in [2.45, 2.75) is 20.8 Å². The summed E-state index contributed by atoms with van der Waals surface area (Å²) in [4.78, 5) is 2.93. The van der Waals surface area contributed by atoms with E-state index >= 15 is 0 Å². The number of hydrogen-bond acceptors (Lipinski definition) is 4. The molecule has 0 saturated heterocycles. The first-order valence-electron chi connectivity index (χ1n) is 6.10. The minimum Gasteiger partial charge on any atom is -0.506 e. The van der Waals surface area contributed by atoms with Crippen molar-refractivity contribution in [2.24, 2.45) is 5.73 Å². The van der Waals surface area contributed by atoms with Crippen LogP contribution in [0.15, 0.2) is 35.4 Å². The first-order valence-corrected chi connectivity index (χ1v) is 7.09. The van der Waals surface area contributed by atoms with Crippen LogP contribution in [0.3, 0.4) is 0 Å². The number of hydrogen-bond donors (Lipinski definition) is 2. The normalized spacial score (nSPS) is 11.5. The third-order valence-corrected chi connectivity index (χ3v) is 3.68. The summed E-state index contributed by atoms with van der Waals surface area (Å²) in [6, 6.07) is 3.82. The molecule has 0 aromatic heterocycles. The molecule has 0 amide bonds. The molecule has 0 unspecified atom stereocenters. The zero-order valence-corrected chi connectivity index (χ0v) is 12.8. The Labute approximate surface area is 119 Å². The van der Waals surface area contributed by atoms with Crippen LogP contribution in [0, 0.1) is 13.8 Å². The predicted octanol–water partition coefficient (Wildman–Crippen LogP) is 3.51. The van der Waals surface area contributed by atoms with Crippen LogP contribution in [0.4, 0.5) is 5.69 Å². The summed E-state index contributed by atoms with van der Waals surface area (Å²) in [6.07, 6.45) is 1.96. The van der Waals surface area contributed by atoms with Gasteiger partial charge in [-0.15, -0.1) is 11.8 Å². The van der Waals surface area contributed by atoms with E-state index in [0.717, 1.165) is 27.3 Å². The third-order valence-electron chi connectivity index (χ3n) is 2.75. The molecule has 1 aromatic rings. The van der Waals surface area contributed by atoms with Crippen molar-refractivity contribution in [3.63, 3.8) is 0 Å². The molecule has 0 aliphatic rings. The Kier molecular flexibility index (Phi) is 5.51. The Morgan fingerprint density at radius 3 is 2.58 bits per heavy atom. The summed E-state index contributed by atoms with van der Waals surface area (Å²) >= 11 is 1.54. The third kappa shape index (κ3) is 4.04. The average molecular weight is 278 g/mol. The van der Waals surface area contributed by atoms with E-state index in [9.17, 15) is 5.11 Å². The Bertz CT molecular complexity index is 486. The number of aryl methyl sites for hydroxylation is 2. The van der Waals surface area contributed by atoms with Crippen LogP contribution in [0.5, 0.6) is 5.75 Å². The molecule has 0 aliphatic heterocycles. The fraction of sp³-hybridized carbons (Fsp3) is 0.333. The molecule has 0 bridgehead atoms. The first kappa shape index (κ1) is 15.7. The van der Waals surface area contributed by atoms with Gasteiger partial charge in [0.15, 0.2) is 0 Å². The van der Waals surface area contributed by atoms with E-state index in [-0.39, 0.29) is 5.75 Å². The highest BCUT2D eigenvalue weighted by Gasteiger charge is 2.10. The second kappa shape index (κ2) is 6.68. The highest BCUT2D eigenvalue weighted by molar-refractivity contribution is 8.03. The number of benzene rings is 1. The minimum absolute atomic E-state index is 0.287. The Hall–Kier alpha value is -1.39. The second-order valence-electron chi connectivity index (χ2n) is 4.65. The van der Waals surface area contributed by atoms with Crippen molar-refractivity contribution in [1.82, 2.24) is 0 Å². The molecule has 1 rings (SSSR count). The fourth-order valence-electron chi connectivity index (χ4n) is 2.00. The van der Waals surface area contributed by atoms with Crippen molar-refractivity contribution >= 4 is 17.4 Å². The van der Waals surface area contributed by atoms with E-state index < -0.39 is 0 Å². The van der Waals surface area contributed by atoms with Crippen molar-refractivity contribution in [3.05, 3.63) is 46.5 Å². The second-order valence-corrected chi connectivity index (χ2v) is 5.71. The molecule has 104 valence electrons. The highest BCUT2D eigenvalue weighted by Crippen LogP contribution is 2.33. The zero-order valence-electron chi connectivity index (χ0n) is 12.0. The lowest BCUT2D eigenvalue weighted by Crippen LogP contribution is -2.11. The highest BCUT2D eigenvalue weighted by atomic mass is 32.2. The van der Waals surface area contributed by atoms with Crippen molar-refractivity contribution in [1.29, 1.82) is 0 Å². The molecule has 19 heavy (non-hydrogen) atoms. The number of anilines is 1. The number of allylic oxidation sites excluding steroid dienone is 1. The number of nitrogens with zero attached hydrogens (tertiary/aromatic N) is 1. The molecule has 4 heteroatoms. The van der Waals surface area contributed by atoms with Gasteiger partial charge in [-0.3, -0.25) is 0 Å². The van der Waals surface area contributed by atoms with Gasteiger partial charge in [0, 0.05) is 24.0 Å². The number of rotatable bonds is 5.